The fourth-order valence-corrected chi connectivity index (χ4v) is 2.66. The number of aromatic nitrogens is 4. The highest BCUT2D eigenvalue weighted by Crippen LogP contribution is 2.15. The highest BCUT2D eigenvalue weighted by atomic mass is 16.1. The molecule has 0 bridgehead atoms. The lowest BCUT2D eigenvalue weighted by molar-refractivity contribution is 0.238. The first kappa shape index (κ1) is 13.9. The van der Waals surface area contributed by atoms with Gasteiger partial charge in [0.1, 0.15) is 5.82 Å². The Hall–Kier alpha value is -2.08. The van der Waals surface area contributed by atoms with Crippen molar-refractivity contribution in [1.29, 1.82) is 0 Å². The van der Waals surface area contributed by atoms with Gasteiger partial charge in [0.2, 0.25) is 0 Å². The van der Waals surface area contributed by atoms with Gasteiger partial charge in [-0.2, -0.15) is 0 Å². The standard InChI is InChI=1S/C15H19N5O/c1-2-3-14-18-13-4-7-20(10-12(13)15(21)19-14)9-11-8-16-5-6-17-11/h5-6,8H,2-4,7,9-10H2,1H3,(H,18,19,21). The highest BCUT2D eigenvalue weighted by Gasteiger charge is 2.21. The smallest absolute Gasteiger partial charge is 0.255 e. The Balaban J connectivity index is 1.78. The van der Waals surface area contributed by atoms with E-state index in [9.17, 15) is 4.79 Å². The van der Waals surface area contributed by atoms with E-state index in [1.54, 1.807) is 18.6 Å². The number of fused-ring (bicyclic) bond motifs is 1. The van der Waals surface area contributed by atoms with Gasteiger partial charge in [-0.1, -0.05) is 6.92 Å². The van der Waals surface area contributed by atoms with Gasteiger partial charge in [-0.3, -0.25) is 19.7 Å². The van der Waals surface area contributed by atoms with Crippen LogP contribution in [0.15, 0.2) is 23.4 Å². The normalized spacial score (nSPS) is 14.9. The summed E-state index contributed by atoms with van der Waals surface area (Å²) >= 11 is 0. The number of nitrogens with one attached hydrogen (secondary N) is 1. The van der Waals surface area contributed by atoms with Crippen LogP contribution in [0.3, 0.4) is 0 Å². The molecule has 0 spiro atoms. The van der Waals surface area contributed by atoms with E-state index in [1.165, 1.54) is 0 Å². The number of H-pyrrole nitrogens is 1. The molecule has 0 radical (unpaired) electrons. The maximum Gasteiger partial charge on any atom is 0.255 e. The van der Waals surface area contributed by atoms with Crippen LogP contribution in [-0.2, 0) is 25.9 Å². The van der Waals surface area contributed by atoms with Gasteiger partial charge in [0.05, 0.1) is 17.0 Å². The molecule has 6 nitrogen and oxygen atoms in total. The number of hydrogen-bond donors (Lipinski definition) is 1. The third kappa shape index (κ3) is 3.16. The molecule has 21 heavy (non-hydrogen) atoms. The molecule has 3 rings (SSSR count). The zero-order chi connectivity index (χ0) is 14.7. The van der Waals surface area contributed by atoms with Gasteiger partial charge in [0.25, 0.3) is 5.56 Å². The predicted octanol–water partition coefficient (Wildman–Crippen LogP) is 1.07. The number of aryl methyl sites for hydroxylation is 1. The molecule has 3 heterocycles. The Bertz CT molecular complexity index is 668. The minimum Gasteiger partial charge on any atom is -0.310 e. The van der Waals surface area contributed by atoms with Crippen molar-refractivity contribution in [3.63, 3.8) is 0 Å². The average molecular weight is 285 g/mol. The fourth-order valence-electron chi connectivity index (χ4n) is 2.66. The van der Waals surface area contributed by atoms with Crippen molar-refractivity contribution in [2.24, 2.45) is 0 Å². The second-order valence-electron chi connectivity index (χ2n) is 5.35. The van der Waals surface area contributed by atoms with Crippen LogP contribution in [0.25, 0.3) is 0 Å². The average Bonchev–Trinajstić information content (AvgIpc) is 2.49. The first-order valence-electron chi connectivity index (χ1n) is 7.34. The Morgan fingerprint density at radius 3 is 3.05 bits per heavy atom. The molecule has 1 aliphatic heterocycles. The fraction of sp³-hybridized carbons (Fsp3) is 0.467. The second kappa shape index (κ2) is 6.13. The number of hydrogen-bond acceptors (Lipinski definition) is 5. The van der Waals surface area contributed by atoms with E-state index in [2.05, 4.69) is 31.8 Å². The van der Waals surface area contributed by atoms with Crippen molar-refractivity contribution < 1.29 is 0 Å². The largest absolute Gasteiger partial charge is 0.310 e. The van der Waals surface area contributed by atoms with Crippen molar-refractivity contribution in [2.75, 3.05) is 6.54 Å². The van der Waals surface area contributed by atoms with E-state index in [-0.39, 0.29) is 5.56 Å². The Morgan fingerprint density at radius 2 is 2.29 bits per heavy atom. The molecule has 0 aliphatic carbocycles. The molecule has 1 aliphatic rings. The molecular weight excluding hydrogens is 266 g/mol. The van der Waals surface area contributed by atoms with Crippen molar-refractivity contribution in [3.8, 4) is 0 Å². The molecule has 0 aromatic carbocycles. The Labute approximate surface area is 123 Å². The number of aromatic amines is 1. The van der Waals surface area contributed by atoms with E-state index in [0.29, 0.717) is 13.1 Å². The van der Waals surface area contributed by atoms with Crippen LogP contribution in [0, 0.1) is 0 Å². The van der Waals surface area contributed by atoms with E-state index in [1.807, 2.05) is 0 Å². The topological polar surface area (TPSA) is 74.8 Å². The lowest BCUT2D eigenvalue weighted by atomic mass is 10.1. The summed E-state index contributed by atoms with van der Waals surface area (Å²) in [6.45, 7) is 4.32. The van der Waals surface area contributed by atoms with Gasteiger partial charge in [0.15, 0.2) is 0 Å². The summed E-state index contributed by atoms with van der Waals surface area (Å²) in [7, 11) is 0. The molecule has 0 fully saturated rings. The van der Waals surface area contributed by atoms with Crippen LogP contribution < -0.4 is 5.56 Å². The molecule has 1 N–H and O–H groups in total. The predicted molar refractivity (Wildman–Crippen MR) is 78.7 cm³/mol. The van der Waals surface area contributed by atoms with Crippen molar-refractivity contribution in [2.45, 2.75) is 39.3 Å². The third-order valence-corrected chi connectivity index (χ3v) is 3.69. The molecule has 2 aromatic heterocycles. The molecule has 0 amide bonds. The lowest BCUT2D eigenvalue weighted by Gasteiger charge is -2.27. The zero-order valence-electron chi connectivity index (χ0n) is 12.2. The van der Waals surface area contributed by atoms with Crippen LogP contribution in [0.2, 0.25) is 0 Å². The quantitative estimate of drug-likeness (QED) is 0.909. The molecule has 110 valence electrons. The van der Waals surface area contributed by atoms with Gasteiger partial charge >= 0.3 is 0 Å². The monoisotopic (exact) mass is 285 g/mol. The van der Waals surface area contributed by atoms with Crippen LogP contribution in [0.5, 0.6) is 0 Å². The number of rotatable bonds is 4. The van der Waals surface area contributed by atoms with Crippen molar-refractivity contribution in [3.05, 3.63) is 51.7 Å². The van der Waals surface area contributed by atoms with Gasteiger partial charge in [0, 0.05) is 51.1 Å². The first-order valence-corrected chi connectivity index (χ1v) is 7.34. The zero-order valence-corrected chi connectivity index (χ0v) is 12.2. The van der Waals surface area contributed by atoms with Gasteiger partial charge in [-0.15, -0.1) is 0 Å². The van der Waals surface area contributed by atoms with E-state index in [4.69, 9.17) is 0 Å². The van der Waals surface area contributed by atoms with Crippen molar-refractivity contribution >= 4 is 0 Å². The maximum atomic E-state index is 12.2. The van der Waals surface area contributed by atoms with E-state index in [0.717, 1.165) is 48.6 Å². The van der Waals surface area contributed by atoms with Crippen LogP contribution in [0.1, 0.15) is 36.1 Å². The molecule has 2 aromatic rings. The highest BCUT2D eigenvalue weighted by molar-refractivity contribution is 5.21. The Morgan fingerprint density at radius 1 is 1.38 bits per heavy atom. The molecule has 0 saturated carbocycles. The minimum absolute atomic E-state index is 0.00676. The van der Waals surface area contributed by atoms with Crippen LogP contribution >= 0.6 is 0 Å². The summed E-state index contributed by atoms with van der Waals surface area (Å²) in [6, 6.07) is 0. The summed E-state index contributed by atoms with van der Waals surface area (Å²) in [5.41, 5.74) is 2.68. The lowest BCUT2D eigenvalue weighted by Crippen LogP contribution is -2.36. The summed E-state index contributed by atoms with van der Waals surface area (Å²) in [6.07, 6.45) is 7.75. The Kier molecular flexibility index (Phi) is 4.06. The SMILES string of the molecule is CCCc1nc2c(c(=O)[nH]1)CN(Cc1cnccn1)CC2. The van der Waals surface area contributed by atoms with Gasteiger partial charge in [-0.05, 0) is 6.42 Å². The number of nitrogens with zero attached hydrogens (tertiary/aromatic N) is 4. The second-order valence-corrected chi connectivity index (χ2v) is 5.35. The van der Waals surface area contributed by atoms with Gasteiger partial charge in [-0.25, -0.2) is 4.98 Å². The van der Waals surface area contributed by atoms with Crippen LogP contribution in [-0.4, -0.2) is 31.4 Å². The van der Waals surface area contributed by atoms with Crippen molar-refractivity contribution in [1.82, 2.24) is 24.8 Å². The summed E-state index contributed by atoms with van der Waals surface area (Å²) in [5.74, 6) is 0.809. The summed E-state index contributed by atoms with van der Waals surface area (Å²) < 4.78 is 0. The minimum atomic E-state index is 0.00676. The van der Waals surface area contributed by atoms with Gasteiger partial charge < -0.3 is 4.98 Å². The van der Waals surface area contributed by atoms with E-state index < -0.39 is 0 Å². The summed E-state index contributed by atoms with van der Waals surface area (Å²) in [4.78, 5) is 30.3. The van der Waals surface area contributed by atoms with E-state index >= 15 is 0 Å². The first-order chi connectivity index (χ1) is 10.3. The molecule has 0 unspecified atom stereocenters. The molecule has 0 saturated heterocycles. The maximum absolute atomic E-state index is 12.2. The van der Waals surface area contributed by atoms with Crippen LogP contribution in [0.4, 0.5) is 0 Å². The molecule has 0 atom stereocenters. The molecule has 6 heteroatoms. The molecular formula is C15H19N5O. The summed E-state index contributed by atoms with van der Waals surface area (Å²) in [5, 5.41) is 0. The third-order valence-electron chi connectivity index (χ3n) is 3.69.